The number of fused-ring (bicyclic) bond motifs is 5. The number of aromatic amines is 1. The van der Waals surface area contributed by atoms with Gasteiger partial charge in [0.05, 0.1) is 10.2 Å². The van der Waals surface area contributed by atoms with Crippen LogP contribution in [0.2, 0.25) is 0 Å². The molecule has 0 aliphatic rings. The molecule has 0 bridgehead atoms. The smallest absolute Gasteiger partial charge is 0.0654 e. The molecule has 0 unspecified atom stereocenters. The summed E-state index contributed by atoms with van der Waals surface area (Å²) in [5.74, 6) is 0. The number of nitrogens with one attached hydrogen (secondary N) is 1. The van der Waals surface area contributed by atoms with Gasteiger partial charge in [-0.25, -0.2) is 0 Å². The first-order valence-electron chi connectivity index (χ1n) is 11.8. The fourth-order valence-corrected chi connectivity index (χ4v) is 7.83. The Balaban J connectivity index is 1.33. The van der Waals surface area contributed by atoms with Gasteiger partial charge in [0, 0.05) is 40.5 Å². The Morgan fingerprint density at radius 3 is 2.33 bits per heavy atom. The number of hydrogen-bond donors (Lipinski definition) is 1. The van der Waals surface area contributed by atoms with Crippen LogP contribution in [0.4, 0.5) is 0 Å². The van der Waals surface area contributed by atoms with Crippen LogP contribution in [0.15, 0.2) is 60.7 Å². The Kier molecular flexibility index (Phi) is 5.61. The quantitative estimate of drug-likeness (QED) is 0.216. The van der Waals surface area contributed by atoms with Crippen molar-refractivity contribution >= 4 is 65.2 Å². The SMILES string of the molecule is CCCCCCc1ccc(-c2ccc3c(c2)sc2c4ccc(-c5ccc(C)s5)cc4[nH]c32)s1. The molecule has 0 saturated heterocycles. The lowest BCUT2D eigenvalue weighted by Crippen LogP contribution is -1.80. The van der Waals surface area contributed by atoms with Crippen LogP contribution < -0.4 is 0 Å². The van der Waals surface area contributed by atoms with E-state index >= 15 is 0 Å². The second kappa shape index (κ2) is 8.75. The van der Waals surface area contributed by atoms with Gasteiger partial charge in [0.1, 0.15) is 0 Å². The van der Waals surface area contributed by atoms with Crippen molar-refractivity contribution in [3.8, 4) is 20.9 Å². The van der Waals surface area contributed by atoms with Gasteiger partial charge >= 0.3 is 0 Å². The number of H-pyrrole nitrogens is 1. The lowest BCUT2D eigenvalue weighted by Gasteiger charge is -2.00. The summed E-state index contributed by atoms with van der Waals surface area (Å²) in [6, 6.07) is 22.9. The lowest BCUT2D eigenvalue weighted by molar-refractivity contribution is 0.670. The van der Waals surface area contributed by atoms with Gasteiger partial charge in [-0.15, -0.1) is 34.0 Å². The molecule has 6 rings (SSSR count). The van der Waals surface area contributed by atoms with E-state index in [2.05, 4.69) is 79.5 Å². The van der Waals surface area contributed by atoms with Crippen molar-refractivity contribution in [1.82, 2.24) is 4.98 Å². The average Bonchev–Trinajstić information content (AvgIpc) is 3.59. The van der Waals surface area contributed by atoms with Crippen LogP contribution in [0.25, 0.3) is 52.1 Å². The third kappa shape index (κ3) is 3.95. The van der Waals surface area contributed by atoms with Crippen molar-refractivity contribution in [2.24, 2.45) is 0 Å². The zero-order valence-corrected chi connectivity index (χ0v) is 21.5. The lowest BCUT2D eigenvalue weighted by atomic mass is 10.1. The van der Waals surface area contributed by atoms with E-state index in [0.29, 0.717) is 0 Å². The van der Waals surface area contributed by atoms with E-state index in [-0.39, 0.29) is 0 Å². The molecule has 4 heteroatoms. The van der Waals surface area contributed by atoms with Gasteiger partial charge in [-0.3, -0.25) is 0 Å². The maximum absolute atomic E-state index is 3.73. The molecule has 0 spiro atoms. The van der Waals surface area contributed by atoms with Crippen LogP contribution in [0, 0.1) is 6.92 Å². The highest BCUT2D eigenvalue weighted by Crippen LogP contribution is 2.42. The van der Waals surface area contributed by atoms with Gasteiger partial charge in [-0.2, -0.15) is 0 Å². The summed E-state index contributed by atoms with van der Waals surface area (Å²) >= 11 is 5.74. The van der Waals surface area contributed by atoms with E-state index in [4.69, 9.17) is 0 Å². The van der Waals surface area contributed by atoms with Crippen molar-refractivity contribution < 1.29 is 0 Å². The number of rotatable bonds is 7. The third-order valence-corrected chi connectivity index (χ3v) is 9.89. The molecule has 0 radical (unpaired) electrons. The van der Waals surface area contributed by atoms with Gasteiger partial charge in [0.2, 0.25) is 0 Å². The predicted molar refractivity (Wildman–Crippen MR) is 150 cm³/mol. The molecule has 0 saturated carbocycles. The predicted octanol–water partition coefficient (Wildman–Crippen LogP) is 10.4. The summed E-state index contributed by atoms with van der Waals surface area (Å²) in [6.45, 7) is 4.44. The van der Waals surface area contributed by atoms with Crippen LogP contribution in [-0.2, 0) is 6.42 Å². The number of hydrogen-bond acceptors (Lipinski definition) is 3. The zero-order valence-electron chi connectivity index (χ0n) is 19.0. The Hall–Kier alpha value is -2.40. The number of benzene rings is 2. The van der Waals surface area contributed by atoms with Crippen LogP contribution in [0.5, 0.6) is 0 Å². The third-order valence-electron chi connectivity index (χ3n) is 6.46. The molecule has 2 aromatic carbocycles. The molecule has 33 heavy (non-hydrogen) atoms. The molecular weight excluding hydrogens is 459 g/mol. The van der Waals surface area contributed by atoms with E-state index in [0.717, 1.165) is 0 Å². The Morgan fingerprint density at radius 1 is 0.727 bits per heavy atom. The van der Waals surface area contributed by atoms with Crippen molar-refractivity contribution in [1.29, 1.82) is 0 Å². The minimum absolute atomic E-state index is 1.22. The van der Waals surface area contributed by atoms with Crippen LogP contribution in [-0.4, -0.2) is 4.98 Å². The van der Waals surface area contributed by atoms with Crippen molar-refractivity contribution in [3.63, 3.8) is 0 Å². The first kappa shape index (κ1) is 21.2. The summed E-state index contributed by atoms with van der Waals surface area (Å²) in [4.78, 5) is 9.33. The van der Waals surface area contributed by atoms with E-state index < -0.39 is 0 Å². The van der Waals surface area contributed by atoms with Gasteiger partial charge in [0.25, 0.3) is 0 Å². The van der Waals surface area contributed by atoms with Crippen LogP contribution in [0.1, 0.15) is 42.4 Å². The van der Waals surface area contributed by atoms with E-state index in [9.17, 15) is 0 Å². The largest absolute Gasteiger partial charge is 0.353 e. The first-order valence-corrected chi connectivity index (χ1v) is 14.3. The fourth-order valence-electron chi connectivity index (χ4n) is 4.68. The first-order chi connectivity index (χ1) is 16.2. The molecule has 0 aliphatic heterocycles. The number of unbranched alkanes of at least 4 members (excludes halogenated alkanes) is 3. The molecule has 0 aliphatic carbocycles. The minimum Gasteiger partial charge on any atom is -0.353 e. The van der Waals surface area contributed by atoms with Gasteiger partial charge in [-0.1, -0.05) is 50.5 Å². The van der Waals surface area contributed by atoms with Crippen molar-refractivity contribution in [2.75, 3.05) is 0 Å². The highest BCUT2D eigenvalue weighted by atomic mass is 32.1. The molecular formula is C29H27NS3. The average molecular weight is 486 g/mol. The maximum Gasteiger partial charge on any atom is 0.0654 e. The summed E-state index contributed by atoms with van der Waals surface area (Å²) in [5.41, 5.74) is 5.15. The van der Waals surface area contributed by atoms with Crippen LogP contribution >= 0.6 is 34.0 Å². The van der Waals surface area contributed by atoms with Crippen molar-refractivity contribution in [3.05, 3.63) is 70.4 Å². The van der Waals surface area contributed by atoms with Gasteiger partial charge in [0.15, 0.2) is 0 Å². The second-order valence-corrected chi connectivity index (χ2v) is 12.4. The molecule has 6 aromatic rings. The Morgan fingerprint density at radius 2 is 1.52 bits per heavy atom. The number of aromatic nitrogens is 1. The molecule has 0 atom stereocenters. The van der Waals surface area contributed by atoms with Crippen molar-refractivity contribution in [2.45, 2.75) is 46.0 Å². The summed E-state index contributed by atoms with van der Waals surface area (Å²) in [6.07, 6.45) is 6.52. The topological polar surface area (TPSA) is 15.8 Å². The highest BCUT2D eigenvalue weighted by molar-refractivity contribution is 7.26. The number of aryl methyl sites for hydroxylation is 2. The summed E-state index contributed by atoms with van der Waals surface area (Å²) in [5, 5.41) is 2.66. The molecule has 166 valence electrons. The van der Waals surface area contributed by atoms with E-state index in [1.54, 1.807) is 0 Å². The molecule has 0 fully saturated rings. The molecule has 0 amide bonds. The summed E-state index contributed by atoms with van der Waals surface area (Å²) < 4.78 is 2.74. The Labute approximate surface area is 206 Å². The molecule has 1 N–H and O–H groups in total. The summed E-state index contributed by atoms with van der Waals surface area (Å²) in [7, 11) is 0. The fraction of sp³-hybridized carbons (Fsp3) is 0.241. The van der Waals surface area contributed by atoms with E-state index in [1.165, 1.54) is 93.9 Å². The van der Waals surface area contributed by atoms with Gasteiger partial charge in [-0.05, 0) is 67.3 Å². The zero-order chi connectivity index (χ0) is 22.4. The molecule has 4 aromatic heterocycles. The Bertz CT molecular complexity index is 1570. The highest BCUT2D eigenvalue weighted by Gasteiger charge is 2.14. The minimum atomic E-state index is 1.22. The standard InChI is InChI=1S/C29H27NS3/c1-3-4-5-6-7-21-11-15-26(32-21)20-10-13-23-27(17-20)33-29-22-12-9-19(16-24(22)30-28(23)29)25-14-8-18(2)31-25/h8-17,30H,3-7H2,1-2H3. The monoisotopic (exact) mass is 485 g/mol. The van der Waals surface area contributed by atoms with E-state index in [1.807, 2.05) is 34.0 Å². The van der Waals surface area contributed by atoms with Gasteiger partial charge < -0.3 is 4.98 Å². The molecule has 4 heterocycles. The maximum atomic E-state index is 3.73. The second-order valence-electron chi connectivity index (χ2n) is 8.89. The molecule has 1 nitrogen and oxygen atoms in total. The van der Waals surface area contributed by atoms with Crippen LogP contribution in [0.3, 0.4) is 0 Å². The normalized spacial score (nSPS) is 11.9. The number of thiophene rings is 3.